The van der Waals surface area contributed by atoms with Crippen molar-refractivity contribution >= 4 is 39.5 Å². The Balaban J connectivity index is 1.51. The summed E-state index contributed by atoms with van der Waals surface area (Å²) >= 11 is 0.857. The van der Waals surface area contributed by atoms with Crippen LogP contribution in [0.2, 0.25) is 0 Å². The lowest BCUT2D eigenvalue weighted by molar-refractivity contribution is -0.123. The zero-order valence-electron chi connectivity index (χ0n) is 16.1. The molecule has 1 aliphatic carbocycles. The first kappa shape index (κ1) is 21.5. The second-order valence-electron chi connectivity index (χ2n) is 6.62. The molecule has 0 unspecified atom stereocenters. The standard InChI is InChI=1S/C20H20F2N2O3S2/c1-12-4-7-18(17(8-12)26-20(21)22)28-29-27-23-19(25)15-9-13-5-6-16(24(2)3)11-14(13)10-15/h4-9,11,20H,10H2,1-3H3,(H,23,25). The van der Waals surface area contributed by atoms with Gasteiger partial charge in [0.2, 0.25) is 0 Å². The van der Waals surface area contributed by atoms with Crippen molar-refractivity contribution in [1.82, 2.24) is 5.48 Å². The molecule has 0 bridgehead atoms. The van der Waals surface area contributed by atoms with Crippen LogP contribution >= 0.6 is 21.9 Å². The van der Waals surface area contributed by atoms with E-state index in [2.05, 4.69) is 16.3 Å². The number of ether oxygens (including phenoxy) is 1. The van der Waals surface area contributed by atoms with E-state index in [1.807, 2.05) is 37.2 Å². The number of alkyl halides is 2. The Bertz CT molecular complexity index is 936. The highest BCUT2D eigenvalue weighted by Gasteiger charge is 2.20. The van der Waals surface area contributed by atoms with E-state index in [0.29, 0.717) is 16.9 Å². The Morgan fingerprint density at radius 1 is 1.21 bits per heavy atom. The SMILES string of the molecule is Cc1ccc(SSONC(=O)C2=Cc3ccc(N(C)C)cc3C2)c(OC(F)F)c1. The molecule has 0 atom stereocenters. The van der Waals surface area contributed by atoms with Crippen molar-refractivity contribution in [1.29, 1.82) is 0 Å². The Morgan fingerprint density at radius 3 is 2.72 bits per heavy atom. The number of fused-ring (bicyclic) bond motifs is 1. The molecule has 2 aromatic carbocycles. The normalized spacial score (nSPS) is 12.6. The number of carbonyl (C=O) groups excluding carboxylic acids is 1. The lowest BCUT2D eigenvalue weighted by Gasteiger charge is -2.13. The number of hydrogen-bond acceptors (Lipinski definition) is 6. The number of aryl methyl sites for hydroxylation is 1. The van der Waals surface area contributed by atoms with Gasteiger partial charge in [0.1, 0.15) is 5.75 Å². The number of nitrogens with zero attached hydrogens (tertiary/aromatic N) is 1. The van der Waals surface area contributed by atoms with E-state index in [9.17, 15) is 13.6 Å². The van der Waals surface area contributed by atoms with E-state index in [1.165, 1.54) is 6.07 Å². The van der Waals surface area contributed by atoms with Gasteiger partial charge in [-0.2, -0.15) is 13.1 Å². The lowest BCUT2D eigenvalue weighted by atomic mass is 10.1. The first-order valence-corrected chi connectivity index (χ1v) is 10.8. The maximum atomic E-state index is 12.5. The van der Waals surface area contributed by atoms with Gasteiger partial charge in [-0.3, -0.25) is 4.79 Å². The van der Waals surface area contributed by atoms with Crippen LogP contribution in [0.3, 0.4) is 0 Å². The Morgan fingerprint density at radius 2 is 2.00 bits per heavy atom. The van der Waals surface area contributed by atoms with Gasteiger partial charge in [-0.05, 0) is 64.7 Å². The molecular formula is C20H20F2N2O3S2. The molecule has 0 aliphatic heterocycles. The van der Waals surface area contributed by atoms with Crippen molar-refractivity contribution in [2.45, 2.75) is 24.9 Å². The summed E-state index contributed by atoms with van der Waals surface area (Å²) in [6.07, 6.45) is 2.36. The highest BCUT2D eigenvalue weighted by Crippen LogP contribution is 2.39. The van der Waals surface area contributed by atoms with Gasteiger partial charge < -0.3 is 9.64 Å². The van der Waals surface area contributed by atoms with E-state index in [-0.39, 0.29) is 11.7 Å². The first-order chi connectivity index (χ1) is 13.8. The fourth-order valence-corrected chi connectivity index (χ4v) is 4.17. The topological polar surface area (TPSA) is 50.8 Å². The summed E-state index contributed by atoms with van der Waals surface area (Å²) in [5.41, 5.74) is 6.93. The Labute approximate surface area is 176 Å². The molecule has 2 aromatic rings. The first-order valence-electron chi connectivity index (χ1n) is 8.70. The summed E-state index contributed by atoms with van der Waals surface area (Å²) in [7, 11) is 5.00. The molecule has 154 valence electrons. The highest BCUT2D eigenvalue weighted by atomic mass is 33.1. The average molecular weight is 439 g/mol. The molecule has 0 saturated heterocycles. The summed E-state index contributed by atoms with van der Waals surface area (Å²) in [5.74, 6) is -0.272. The van der Waals surface area contributed by atoms with Gasteiger partial charge in [0.05, 0.1) is 16.0 Å². The van der Waals surface area contributed by atoms with Crippen molar-refractivity contribution in [2.24, 2.45) is 0 Å². The fraction of sp³-hybridized carbons (Fsp3) is 0.250. The third-order valence-corrected chi connectivity index (χ3v) is 5.94. The molecule has 0 saturated carbocycles. The number of benzene rings is 2. The highest BCUT2D eigenvalue weighted by molar-refractivity contribution is 8.74. The number of anilines is 1. The molecule has 1 aliphatic rings. The van der Waals surface area contributed by atoms with Gasteiger partial charge in [-0.15, -0.1) is 0 Å². The summed E-state index contributed by atoms with van der Waals surface area (Å²) < 4.78 is 34.8. The van der Waals surface area contributed by atoms with Crippen molar-refractivity contribution in [3.05, 3.63) is 58.7 Å². The number of amides is 1. The minimum atomic E-state index is -2.91. The smallest absolute Gasteiger partial charge is 0.387 e. The molecule has 0 aromatic heterocycles. The Kier molecular flexibility index (Phi) is 7.05. The second kappa shape index (κ2) is 9.51. The van der Waals surface area contributed by atoms with Gasteiger partial charge >= 0.3 is 6.61 Å². The quantitative estimate of drug-likeness (QED) is 0.271. The molecule has 0 heterocycles. The van der Waals surface area contributed by atoms with Crippen LogP contribution in [0.15, 0.2) is 46.9 Å². The van der Waals surface area contributed by atoms with Crippen LogP contribution in [0, 0.1) is 6.92 Å². The molecule has 1 N–H and O–H groups in total. The van der Waals surface area contributed by atoms with Crippen molar-refractivity contribution in [3.8, 4) is 5.75 Å². The third kappa shape index (κ3) is 5.65. The maximum Gasteiger partial charge on any atom is 0.387 e. The molecule has 29 heavy (non-hydrogen) atoms. The van der Waals surface area contributed by atoms with Crippen LogP contribution in [0.5, 0.6) is 5.75 Å². The van der Waals surface area contributed by atoms with E-state index < -0.39 is 6.61 Å². The summed E-state index contributed by atoms with van der Waals surface area (Å²) in [5, 5.41) is 0. The van der Waals surface area contributed by atoms with Crippen molar-refractivity contribution in [3.63, 3.8) is 0 Å². The summed E-state index contributed by atoms with van der Waals surface area (Å²) in [6, 6.07) is 11.0. The molecule has 9 heteroatoms. The van der Waals surface area contributed by atoms with Gasteiger partial charge in [-0.1, -0.05) is 12.1 Å². The van der Waals surface area contributed by atoms with Crippen LogP contribution < -0.4 is 15.1 Å². The maximum absolute atomic E-state index is 12.5. The Hall–Kier alpha value is -2.23. The predicted molar refractivity (Wildman–Crippen MR) is 113 cm³/mol. The minimum absolute atomic E-state index is 0.0677. The minimum Gasteiger partial charge on any atom is -0.434 e. The number of halogens is 2. The van der Waals surface area contributed by atoms with E-state index in [1.54, 1.807) is 19.1 Å². The molecular weight excluding hydrogens is 418 g/mol. The van der Waals surface area contributed by atoms with Crippen molar-refractivity contribution < 1.29 is 22.6 Å². The van der Waals surface area contributed by atoms with Crippen LogP contribution in [0.1, 0.15) is 16.7 Å². The van der Waals surface area contributed by atoms with Crippen LogP contribution in [0.25, 0.3) is 6.08 Å². The van der Waals surface area contributed by atoms with Gasteiger partial charge in [0, 0.05) is 31.8 Å². The molecule has 0 spiro atoms. The number of rotatable bonds is 8. The molecule has 5 nitrogen and oxygen atoms in total. The number of carbonyl (C=O) groups is 1. The number of nitrogens with one attached hydrogen (secondary N) is 1. The van der Waals surface area contributed by atoms with E-state index >= 15 is 0 Å². The van der Waals surface area contributed by atoms with E-state index in [4.69, 9.17) is 4.28 Å². The number of hydroxylamine groups is 1. The molecule has 0 fully saturated rings. The number of hydrogen-bond donors (Lipinski definition) is 1. The summed E-state index contributed by atoms with van der Waals surface area (Å²) in [4.78, 5) is 14.8. The van der Waals surface area contributed by atoms with Crippen LogP contribution in [0.4, 0.5) is 14.5 Å². The zero-order valence-corrected chi connectivity index (χ0v) is 17.7. The molecule has 0 radical (unpaired) electrons. The molecule has 3 rings (SSSR count). The van der Waals surface area contributed by atoms with E-state index in [0.717, 1.165) is 44.2 Å². The van der Waals surface area contributed by atoms with Crippen molar-refractivity contribution in [2.75, 3.05) is 19.0 Å². The second-order valence-corrected chi connectivity index (χ2v) is 8.44. The van der Waals surface area contributed by atoms with Gasteiger partial charge in [0.25, 0.3) is 5.91 Å². The van der Waals surface area contributed by atoms with Gasteiger partial charge in [0.15, 0.2) is 0 Å². The van der Waals surface area contributed by atoms with Crippen LogP contribution in [-0.2, 0) is 15.5 Å². The zero-order chi connectivity index (χ0) is 21.0. The van der Waals surface area contributed by atoms with Crippen LogP contribution in [-0.4, -0.2) is 26.6 Å². The third-order valence-electron chi connectivity index (χ3n) is 4.25. The lowest BCUT2D eigenvalue weighted by Crippen LogP contribution is -2.22. The fourth-order valence-electron chi connectivity index (χ4n) is 2.80. The monoisotopic (exact) mass is 438 g/mol. The largest absolute Gasteiger partial charge is 0.434 e. The van der Waals surface area contributed by atoms with Gasteiger partial charge in [-0.25, -0.2) is 5.48 Å². The molecule has 1 amide bonds. The predicted octanol–water partition coefficient (Wildman–Crippen LogP) is 5.01. The summed E-state index contributed by atoms with van der Waals surface area (Å²) in [6.45, 7) is -1.13. The average Bonchev–Trinajstić information content (AvgIpc) is 3.09.